The lowest BCUT2D eigenvalue weighted by molar-refractivity contribution is 0.0996. The van der Waals surface area contributed by atoms with E-state index in [1.165, 1.54) is 17.8 Å². The van der Waals surface area contributed by atoms with Crippen LogP contribution in [0, 0.1) is 17.2 Å². The zero-order valence-electron chi connectivity index (χ0n) is 17.7. The molecule has 2 saturated heterocycles. The van der Waals surface area contributed by atoms with Crippen molar-refractivity contribution >= 4 is 23.0 Å². The van der Waals surface area contributed by atoms with Crippen molar-refractivity contribution in [1.82, 2.24) is 4.90 Å². The van der Waals surface area contributed by atoms with Gasteiger partial charge in [-0.05, 0) is 56.1 Å². The summed E-state index contributed by atoms with van der Waals surface area (Å²) in [5.74, 6) is 0.673. The van der Waals surface area contributed by atoms with Crippen LogP contribution >= 0.6 is 0 Å². The number of carbonyl (C=O) groups excluding carboxylic acids is 1. The highest BCUT2D eigenvalue weighted by atomic mass is 16.3. The van der Waals surface area contributed by atoms with Crippen molar-refractivity contribution < 1.29 is 9.21 Å². The van der Waals surface area contributed by atoms with E-state index in [4.69, 9.17) is 9.68 Å². The van der Waals surface area contributed by atoms with Crippen molar-refractivity contribution in [2.24, 2.45) is 5.92 Å². The van der Waals surface area contributed by atoms with Gasteiger partial charge in [-0.25, -0.2) is 0 Å². The number of likely N-dealkylation sites (N-methyl/N-ethyl adjacent to an activating group) is 1. The van der Waals surface area contributed by atoms with Gasteiger partial charge in [0.25, 0.3) is 5.91 Å². The Hall–Kier alpha value is -2.98. The van der Waals surface area contributed by atoms with Crippen LogP contribution in [0.1, 0.15) is 36.1 Å². The summed E-state index contributed by atoms with van der Waals surface area (Å²) in [7, 11) is 2.16. The van der Waals surface area contributed by atoms with Crippen LogP contribution in [-0.4, -0.2) is 57.1 Å². The predicted molar refractivity (Wildman–Crippen MR) is 118 cm³/mol. The third-order valence-corrected chi connectivity index (χ3v) is 6.16. The van der Waals surface area contributed by atoms with Crippen molar-refractivity contribution in [1.29, 1.82) is 5.26 Å². The number of piperidine rings is 1. The quantitative estimate of drug-likeness (QED) is 0.837. The maximum Gasteiger partial charge on any atom is 0.291 e. The van der Waals surface area contributed by atoms with E-state index in [9.17, 15) is 4.79 Å². The molecule has 0 unspecified atom stereocenters. The van der Waals surface area contributed by atoms with Crippen LogP contribution in [0.2, 0.25) is 0 Å². The summed E-state index contributed by atoms with van der Waals surface area (Å²) in [5.41, 5.74) is 3.03. The molecule has 4 rings (SSSR count). The van der Waals surface area contributed by atoms with Gasteiger partial charge >= 0.3 is 0 Å². The largest absolute Gasteiger partial charge is 0.440 e. The minimum Gasteiger partial charge on any atom is -0.440 e. The maximum absolute atomic E-state index is 12.7. The Labute approximate surface area is 177 Å². The Morgan fingerprint density at radius 1 is 1.07 bits per heavy atom. The van der Waals surface area contributed by atoms with E-state index in [2.05, 4.69) is 46.1 Å². The lowest BCUT2D eigenvalue weighted by Crippen LogP contribution is -2.44. The van der Waals surface area contributed by atoms with E-state index in [0.29, 0.717) is 0 Å². The van der Waals surface area contributed by atoms with Gasteiger partial charge in [0.05, 0.1) is 11.4 Å². The molecule has 1 aromatic heterocycles. The number of rotatable bonds is 4. The molecule has 2 aromatic rings. The molecule has 2 fully saturated rings. The molecule has 1 N–H and O–H groups in total. The normalized spacial score (nSPS) is 18.3. The molecular weight excluding hydrogens is 378 g/mol. The first kappa shape index (κ1) is 20.3. The van der Waals surface area contributed by atoms with Gasteiger partial charge in [-0.2, -0.15) is 5.26 Å². The van der Waals surface area contributed by atoms with E-state index >= 15 is 0 Å². The Morgan fingerprint density at radius 3 is 2.47 bits per heavy atom. The van der Waals surface area contributed by atoms with E-state index in [1.54, 1.807) is 0 Å². The molecule has 7 heteroatoms. The lowest BCUT2D eigenvalue weighted by Gasteiger charge is -2.37. The lowest BCUT2D eigenvalue weighted by atomic mass is 9.98. The summed E-state index contributed by atoms with van der Waals surface area (Å²) in [6.45, 7) is 8.36. The number of benzene rings is 1. The van der Waals surface area contributed by atoms with Crippen molar-refractivity contribution in [3.63, 3.8) is 0 Å². The number of piperazine rings is 1. The Bertz CT molecular complexity index is 931. The molecule has 1 aromatic carbocycles. The molecule has 0 radical (unpaired) electrons. The summed E-state index contributed by atoms with van der Waals surface area (Å²) in [6, 6.07) is 11.2. The van der Waals surface area contributed by atoms with Gasteiger partial charge in [0.15, 0.2) is 5.76 Å². The van der Waals surface area contributed by atoms with Gasteiger partial charge in [0.1, 0.15) is 6.07 Å². The summed E-state index contributed by atoms with van der Waals surface area (Å²) in [5, 5.41) is 11.9. The molecule has 0 atom stereocenters. The average Bonchev–Trinajstić information content (AvgIpc) is 3.25. The monoisotopic (exact) mass is 407 g/mol. The Kier molecular flexibility index (Phi) is 5.96. The second kappa shape index (κ2) is 8.80. The number of nitrogens with one attached hydrogen (secondary N) is 1. The topological polar surface area (TPSA) is 75.8 Å². The Balaban J connectivity index is 1.59. The molecule has 0 bridgehead atoms. The predicted octanol–water partition coefficient (Wildman–Crippen LogP) is 3.39. The number of nitrogens with zero attached hydrogens (tertiary/aromatic N) is 4. The molecule has 2 aliphatic rings. The molecule has 0 aliphatic carbocycles. The standard InChI is InChI=1S/C23H29N5O2/c1-17-7-9-28(10-8-17)21-15-18(27-13-11-26(2)12-14-27)3-5-20(21)25-23(29)22-6-4-19(16-24)30-22/h3-6,15,17H,7-14H2,1-2H3,(H,25,29). The molecule has 30 heavy (non-hydrogen) atoms. The van der Waals surface area contributed by atoms with Gasteiger partial charge in [-0.15, -0.1) is 0 Å². The third-order valence-electron chi connectivity index (χ3n) is 6.16. The first-order valence-corrected chi connectivity index (χ1v) is 10.7. The van der Waals surface area contributed by atoms with Crippen molar-refractivity contribution in [3.05, 3.63) is 41.9 Å². The SMILES string of the molecule is CC1CCN(c2cc(N3CCN(C)CC3)ccc2NC(=O)c2ccc(C#N)o2)CC1. The van der Waals surface area contributed by atoms with Crippen LogP contribution < -0.4 is 15.1 Å². The van der Waals surface area contributed by atoms with Gasteiger partial charge in [0.2, 0.25) is 5.76 Å². The second-order valence-corrected chi connectivity index (χ2v) is 8.39. The van der Waals surface area contributed by atoms with Gasteiger partial charge in [-0.1, -0.05) is 6.92 Å². The molecule has 3 heterocycles. The number of anilines is 3. The summed E-state index contributed by atoms with van der Waals surface area (Å²) >= 11 is 0. The fourth-order valence-corrected chi connectivity index (χ4v) is 4.10. The number of hydrogen-bond acceptors (Lipinski definition) is 6. The second-order valence-electron chi connectivity index (χ2n) is 8.39. The number of hydrogen-bond donors (Lipinski definition) is 1. The van der Waals surface area contributed by atoms with Gasteiger partial charge in [0, 0.05) is 45.0 Å². The molecule has 7 nitrogen and oxygen atoms in total. The molecule has 1 amide bonds. The fraction of sp³-hybridized carbons (Fsp3) is 0.478. The molecule has 0 saturated carbocycles. The van der Waals surface area contributed by atoms with Crippen molar-refractivity contribution in [2.75, 3.05) is 61.4 Å². The minimum absolute atomic E-state index is 0.135. The van der Waals surface area contributed by atoms with Crippen LogP contribution in [0.5, 0.6) is 0 Å². The van der Waals surface area contributed by atoms with Crippen LogP contribution in [0.25, 0.3) is 0 Å². The number of furan rings is 1. The maximum atomic E-state index is 12.7. The van der Waals surface area contributed by atoms with Crippen LogP contribution in [0.4, 0.5) is 17.1 Å². The van der Waals surface area contributed by atoms with Gasteiger partial charge < -0.3 is 24.4 Å². The molecule has 2 aliphatic heterocycles. The number of nitriles is 1. The van der Waals surface area contributed by atoms with E-state index in [0.717, 1.165) is 69.4 Å². The molecule has 158 valence electrons. The highest BCUT2D eigenvalue weighted by molar-refractivity contribution is 6.04. The number of amides is 1. The average molecular weight is 408 g/mol. The fourth-order valence-electron chi connectivity index (χ4n) is 4.10. The molecule has 0 spiro atoms. The highest BCUT2D eigenvalue weighted by Gasteiger charge is 2.22. The van der Waals surface area contributed by atoms with Crippen LogP contribution in [-0.2, 0) is 0 Å². The van der Waals surface area contributed by atoms with Crippen molar-refractivity contribution in [2.45, 2.75) is 19.8 Å². The summed E-state index contributed by atoms with van der Waals surface area (Å²) in [6.07, 6.45) is 2.30. The van der Waals surface area contributed by atoms with Crippen LogP contribution in [0.15, 0.2) is 34.7 Å². The highest BCUT2D eigenvalue weighted by Crippen LogP contribution is 2.34. The van der Waals surface area contributed by atoms with Gasteiger partial charge in [-0.3, -0.25) is 4.79 Å². The minimum atomic E-state index is -0.338. The Morgan fingerprint density at radius 2 is 1.80 bits per heavy atom. The zero-order chi connectivity index (χ0) is 21.1. The summed E-state index contributed by atoms with van der Waals surface area (Å²) in [4.78, 5) is 19.8. The molecular formula is C23H29N5O2. The van der Waals surface area contributed by atoms with E-state index in [-0.39, 0.29) is 17.4 Å². The smallest absolute Gasteiger partial charge is 0.291 e. The van der Waals surface area contributed by atoms with E-state index < -0.39 is 0 Å². The van der Waals surface area contributed by atoms with E-state index in [1.807, 2.05) is 12.1 Å². The summed E-state index contributed by atoms with van der Waals surface area (Å²) < 4.78 is 5.30. The third kappa shape index (κ3) is 4.44. The zero-order valence-corrected chi connectivity index (χ0v) is 17.7. The first-order chi connectivity index (χ1) is 14.5. The van der Waals surface area contributed by atoms with Crippen molar-refractivity contribution in [3.8, 4) is 6.07 Å². The van der Waals surface area contributed by atoms with Crippen LogP contribution in [0.3, 0.4) is 0 Å². The first-order valence-electron chi connectivity index (χ1n) is 10.7. The number of carbonyl (C=O) groups is 1.